The van der Waals surface area contributed by atoms with E-state index in [1.165, 1.54) is 6.39 Å². The second-order valence-electron chi connectivity index (χ2n) is 4.29. The van der Waals surface area contributed by atoms with Crippen molar-refractivity contribution in [2.75, 3.05) is 0 Å². The highest BCUT2D eigenvalue weighted by Gasteiger charge is 2.08. The van der Waals surface area contributed by atoms with E-state index in [1.54, 1.807) is 10.7 Å². The van der Waals surface area contributed by atoms with Crippen LogP contribution in [-0.2, 0) is 0 Å². The minimum atomic E-state index is 0.564. The molecule has 96 valence electrons. The van der Waals surface area contributed by atoms with E-state index in [4.69, 9.17) is 4.52 Å². The Balaban J connectivity index is 1.84. The first-order valence-corrected chi connectivity index (χ1v) is 6.08. The first-order valence-electron chi connectivity index (χ1n) is 6.08. The number of fused-ring (bicyclic) bond motifs is 1. The van der Waals surface area contributed by atoms with Gasteiger partial charge in [-0.25, -0.2) is 9.50 Å². The predicted octanol–water partition coefficient (Wildman–Crippen LogP) is 2.45. The molecule has 20 heavy (non-hydrogen) atoms. The second-order valence-corrected chi connectivity index (χ2v) is 4.29. The van der Waals surface area contributed by atoms with Gasteiger partial charge in [-0.05, 0) is 18.2 Å². The Labute approximate surface area is 113 Å². The van der Waals surface area contributed by atoms with Crippen LogP contribution < -0.4 is 0 Å². The Morgan fingerprint density at radius 3 is 2.85 bits per heavy atom. The summed E-state index contributed by atoms with van der Waals surface area (Å²) in [6, 6.07) is 11.6. The number of hydrogen-bond acceptors (Lipinski definition) is 5. The van der Waals surface area contributed by atoms with Crippen LogP contribution in [0.3, 0.4) is 0 Å². The molecular weight excluding hydrogens is 254 g/mol. The molecule has 0 saturated carbocycles. The van der Waals surface area contributed by atoms with Crippen LogP contribution in [0.5, 0.6) is 0 Å². The van der Waals surface area contributed by atoms with Crippen molar-refractivity contribution in [1.29, 1.82) is 0 Å². The van der Waals surface area contributed by atoms with Crippen LogP contribution in [0, 0.1) is 0 Å². The second kappa shape index (κ2) is 4.27. The Hall–Kier alpha value is -3.02. The summed E-state index contributed by atoms with van der Waals surface area (Å²) in [7, 11) is 0. The molecule has 0 aliphatic carbocycles. The van der Waals surface area contributed by atoms with E-state index < -0.39 is 0 Å². The van der Waals surface area contributed by atoms with Crippen LogP contribution >= 0.6 is 0 Å². The monoisotopic (exact) mass is 263 g/mol. The van der Waals surface area contributed by atoms with E-state index in [2.05, 4.69) is 20.2 Å². The quantitative estimate of drug-likeness (QED) is 0.555. The van der Waals surface area contributed by atoms with Crippen molar-refractivity contribution in [3.8, 4) is 22.6 Å². The zero-order chi connectivity index (χ0) is 13.4. The Morgan fingerprint density at radius 2 is 2.00 bits per heavy atom. The Morgan fingerprint density at radius 1 is 1.05 bits per heavy atom. The van der Waals surface area contributed by atoms with Gasteiger partial charge in [-0.1, -0.05) is 23.4 Å². The number of nitrogens with zero attached hydrogens (tertiary/aromatic N) is 5. The van der Waals surface area contributed by atoms with Gasteiger partial charge in [-0.15, -0.1) is 0 Å². The van der Waals surface area contributed by atoms with Crippen molar-refractivity contribution in [2.45, 2.75) is 0 Å². The average molecular weight is 263 g/mol. The van der Waals surface area contributed by atoms with Gasteiger partial charge >= 0.3 is 0 Å². The zero-order valence-electron chi connectivity index (χ0n) is 10.3. The molecule has 0 saturated heterocycles. The summed E-state index contributed by atoms with van der Waals surface area (Å²) in [4.78, 5) is 8.59. The van der Waals surface area contributed by atoms with Gasteiger partial charge in [0.25, 0.3) is 0 Å². The first-order chi connectivity index (χ1) is 9.90. The third kappa shape index (κ3) is 1.74. The largest absolute Gasteiger partial charge is 0.342 e. The molecule has 0 unspecified atom stereocenters. The predicted molar refractivity (Wildman–Crippen MR) is 71.7 cm³/mol. The van der Waals surface area contributed by atoms with E-state index >= 15 is 0 Å². The highest BCUT2D eigenvalue weighted by molar-refractivity contribution is 5.68. The molecule has 0 aliphatic rings. The topological polar surface area (TPSA) is 69.1 Å². The number of aromatic nitrogens is 5. The molecule has 0 bridgehead atoms. The molecule has 4 rings (SSSR count). The molecule has 0 radical (unpaired) electrons. The molecule has 3 heterocycles. The van der Waals surface area contributed by atoms with Crippen molar-refractivity contribution in [1.82, 2.24) is 24.7 Å². The lowest BCUT2D eigenvalue weighted by atomic mass is 10.1. The fourth-order valence-electron chi connectivity index (χ4n) is 2.09. The lowest BCUT2D eigenvalue weighted by Gasteiger charge is -1.98. The number of rotatable bonds is 2. The zero-order valence-corrected chi connectivity index (χ0v) is 10.3. The summed E-state index contributed by atoms with van der Waals surface area (Å²) in [6.45, 7) is 0. The summed E-state index contributed by atoms with van der Waals surface area (Å²) < 4.78 is 6.52. The van der Waals surface area contributed by atoms with Crippen molar-refractivity contribution in [3.05, 3.63) is 55.2 Å². The van der Waals surface area contributed by atoms with Crippen LogP contribution in [0.15, 0.2) is 59.7 Å². The molecule has 0 amide bonds. The van der Waals surface area contributed by atoms with Gasteiger partial charge in [0, 0.05) is 17.3 Å². The van der Waals surface area contributed by atoms with Gasteiger partial charge in [-0.3, -0.25) is 0 Å². The lowest BCUT2D eigenvalue weighted by molar-refractivity contribution is 0.419. The van der Waals surface area contributed by atoms with Gasteiger partial charge in [0.15, 0.2) is 5.65 Å². The molecule has 3 aromatic heterocycles. The van der Waals surface area contributed by atoms with E-state index in [-0.39, 0.29) is 0 Å². The first kappa shape index (κ1) is 10.9. The average Bonchev–Trinajstić information content (AvgIpc) is 3.16. The summed E-state index contributed by atoms with van der Waals surface area (Å²) in [5.41, 5.74) is 3.54. The highest BCUT2D eigenvalue weighted by atomic mass is 16.5. The molecule has 6 nitrogen and oxygen atoms in total. The molecular formula is C14H9N5O. The minimum absolute atomic E-state index is 0.564. The van der Waals surface area contributed by atoms with E-state index in [0.717, 1.165) is 22.5 Å². The fraction of sp³-hybridized carbons (Fsp3) is 0. The Bertz CT molecular complexity index is 833. The minimum Gasteiger partial charge on any atom is -0.342 e. The maximum absolute atomic E-state index is 4.77. The lowest BCUT2D eigenvalue weighted by Crippen LogP contribution is -1.85. The highest BCUT2D eigenvalue weighted by Crippen LogP contribution is 2.23. The standard InChI is InChI=1S/C14H9N5O/c1-3-10(7-11(4-1)14-15-9-20-18-14)12-8-19-13(17-12)5-2-6-16-19/h1-9H. The fourth-order valence-corrected chi connectivity index (χ4v) is 2.09. The van der Waals surface area contributed by atoms with E-state index in [1.807, 2.05) is 42.6 Å². The summed E-state index contributed by atoms with van der Waals surface area (Å²) >= 11 is 0. The summed E-state index contributed by atoms with van der Waals surface area (Å²) in [5.74, 6) is 0.564. The molecule has 0 aliphatic heterocycles. The van der Waals surface area contributed by atoms with Crippen molar-refractivity contribution in [2.24, 2.45) is 0 Å². The normalized spacial score (nSPS) is 11.0. The van der Waals surface area contributed by atoms with Crippen LogP contribution in [0.4, 0.5) is 0 Å². The maximum atomic E-state index is 4.77. The van der Waals surface area contributed by atoms with E-state index in [0.29, 0.717) is 5.82 Å². The van der Waals surface area contributed by atoms with Gasteiger partial charge in [0.2, 0.25) is 12.2 Å². The molecule has 6 heteroatoms. The number of imidazole rings is 1. The SMILES string of the molecule is c1cc(-c2cn3ncccc3n2)cc(-c2ncon2)c1. The molecule has 4 aromatic rings. The van der Waals surface area contributed by atoms with Gasteiger partial charge in [0.1, 0.15) is 0 Å². The van der Waals surface area contributed by atoms with Crippen LogP contribution in [0.25, 0.3) is 28.3 Å². The van der Waals surface area contributed by atoms with Gasteiger partial charge in [-0.2, -0.15) is 10.1 Å². The maximum Gasteiger partial charge on any atom is 0.214 e. The smallest absolute Gasteiger partial charge is 0.214 e. The number of benzene rings is 1. The summed E-state index contributed by atoms with van der Waals surface area (Å²) in [5, 5.41) is 8.05. The van der Waals surface area contributed by atoms with Crippen LogP contribution in [-0.4, -0.2) is 24.7 Å². The molecule has 0 atom stereocenters. The third-order valence-electron chi connectivity index (χ3n) is 3.01. The van der Waals surface area contributed by atoms with Crippen molar-refractivity contribution < 1.29 is 4.52 Å². The molecule has 0 spiro atoms. The van der Waals surface area contributed by atoms with Gasteiger partial charge < -0.3 is 4.52 Å². The van der Waals surface area contributed by atoms with Crippen molar-refractivity contribution in [3.63, 3.8) is 0 Å². The summed E-state index contributed by atoms with van der Waals surface area (Å²) in [6.07, 6.45) is 4.94. The molecule has 1 aromatic carbocycles. The molecule has 0 N–H and O–H groups in total. The van der Waals surface area contributed by atoms with E-state index in [9.17, 15) is 0 Å². The van der Waals surface area contributed by atoms with Gasteiger partial charge in [0.05, 0.1) is 11.9 Å². The molecule has 0 fully saturated rings. The van der Waals surface area contributed by atoms with Crippen LogP contribution in [0.2, 0.25) is 0 Å². The van der Waals surface area contributed by atoms with Crippen LogP contribution in [0.1, 0.15) is 0 Å². The van der Waals surface area contributed by atoms with Crippen molar-refractivity contribution >= 4 is 5.65 Å². The number of hydrogen-bond donors (Lipinski definition) is 0. The Kier molecular flexibility index (Phi) is 2.32. The third-order valence-corrected chi connectivity index (χ3v) is 3.01.